The maximum Gasteiger partial charge on any atom is 0.220 e. The predicted molar refractivity (Wildman–Crippen MR) is 129 cm³/mol. The number of benzene rings is 1. The molecule has 1 unspecified atom stereocenters. The van der Waals surface area contributed by atoms with Crippen LogP contribution in [0.4, 0.5) is 10.3 Å². The molecule has 1 aliphatic heterocycles. The van der Waals surface area contributed by atoms with Crippen molar-refractivity contribution in [2.45, 2.75) is 25.7 Å². The third kappa shape index (κ3) is 4.87. The summed E-state index contributed by atoms with van der Waals surface area (Å²) in [6.45, 7) is 6.16. The van der Waals surface area contributed by atoms with Crippen molar-refractivity contribution in [1.82, 2.24) is 19.9 Å². The number of fused-ring (bicyclic) bond motifs is 1. The van der Waals surface area contributed by atoms with E-state index in [1.54, 1.807) is 19.1 Å². The summed E-state index contributed by atoms with van der Waals surface area (Å²) < 4.78 is 26.5. The molecule has 1 atom stereocenters. The van der Waals surface area contributed by atoms with E-state index in [1.807, 2.05) is 18.2 Å². The summed E-state index contributed by atoms with van der Waals surface area (Å²) in [5, 5.41) is 0. The van der Waals surface area contributed by atoms with Crippen molar-refractivity contribution in [3.8, 4) is 16.9 Å². The number of Topliss-reactive ketones (excluding diaryl/α,β-unsaturated/α-hetero) is 1. The Morgan fingerprint density at radius 3 is 2.74 bits per heavy atom. The number of hydrogen-bond acceptors (Lipinski definition) is 8. The number of nitrogen functional groups attached to an aromatic ring is 1. The van der Waals surface area contributed by atoms with Crippen LogP contribution in [0.2, 0.25) is 0 Å². The number of hydrogen-bond donors (Lipinski definition) is 1. The molecule has 2 N–H and O–H groups in total. The Balaban J connectivity index is 1.52. The number of aryl methyl sites for hydroxylation is 1. The molecule has 9 heteroatoms. The number of anilines is 1. The van der Waals surface area contributed by atoms with E-state index in [1.165, 1.54) is 6.20 Å². The number of rotatable bonds is 6. The van der Waals surface area contributed by atoms with Crippen LogP contribution in [0, 0.1) is 12.9 Å². The van der Waals surface area contributed by atoms with Crippen LogP contribution >= 0.6 is 0 Å². The van der Waals surface area contributed by atoms with Gasteiger partial charge in [0.25, 0.3) is 0 Å². The standard InChI is InChI=1S/C26H28FN5O3/c1-16-23-20(31-26(28)30-16)14-17(15-21(23)33)24-18(19-5-3-7-29-25(19)27)4-2-6-22(24)35-13-10-32-8-11-34-12-9-32/h2-7,17H,8-15H2,1H3,(H2,28,30,31). The quantitative estimate of drug-likeness (QED) is 0.540. The Morgan fingerprint density at radius 1 is 1.14 bits per heavy atom. The summed E-state index contributed by atoms with van der Waals surface area (Å²) in [6, 6.07) is 8.97. The molecule has 8 nitrogen and oxygen atoms in total. The lowest BCUT2D eigenvalue weighted by Gasteiger charge is -2.29. The fraction of sp³-hybridized carbons (Fsp3) is 0.385. The van der Waals surface area contributed by atoms with E-state index in [2.05, 4.69) is 19.9 Å². The average Bonchev–Trinajstić information content (AvgIpc) is 2.84. The Hall–Kier alpha value is -3.43. The molecule has 2 aromatic heterocycles. The van der Waals surface area contributed by atoms with E-state index < -0.39 is 5.95 Å². The van der Waals surface area contributed by atoms with Gasteiger partial charge in [-0.05, 0) is 37.1 Å². The van der Waals surface area contributed by atoms with Gasteiger partial charge in [-0.25, -0.2) is 15.0 Å². The Morgan fingerprint density at radius 2 is 1.94 bits per heavy atom. The number of carbonyl (C=O) groups is 1. The molecular formula is C26H28FN5O3. The largest absolute Gasteiger partial charge is 0.492 e. The molecule has 3 heterocycles. The van der Waals surface area contributed by atoms with Crippen molar-refractivity contribution in [2.75, 3.05) is 45.2 Å². The number of nitrogens with two attached hydrogens (primary N) is 1. The third-order valence-electron chi connectivity index (χ3n) is 6.62. The summed E-state index contributed by atoms with van der Waals surface area (Å²) in [7, 11) is 0. The first kappa shape index (κ1) is 23.3. The predicted octanol–water partition coefficient (Wildman–Crippen LogP) is 3.19. The molecule has 1 saturated heterocycles. The Labute approximate surface area is 203 Å². The number of halogens is 1. The highest BCUT2D eigenvalue weighted by atomic mass is 19.1. The van der Waals surface area contributed by atoms with Gasteiger partial charge in [0.05, 0.1) is 30.2 Å². The van der Waals surface area contributed by atoms with Crippen LogP contribution in [0.3, 0.4) is 0 Å². The van der Waals surface area contributed by atoms with Crippen LogP contribution in [0.25, 0.3) is 11.1 Å². The second-order valence-electron chi connectivity index (χ2n) is 8.88. The normalized spacial score (nSPS) is 18.3. The van der Waals surface area contributed by atoms with Gasteiger partial charge in [0.2, 0.25) is 11.9 Å². The molecular weight excluding hydrogens is 449 g/mol. The Kier molecular flexibility index (Phi) is 6.70. The zero-order chi connectivity index (χ0) is 24.4. The first-order valence-electron chi connectivity index (χ1n) is 11.8. The van der Waals surface area contributed by atoms with Crippen molar-refractivity contribution >= 4 is 11.7 Å². The molecule has 2 aliphatic rings. The molecule has 1 aliphatic carbocycles. The van der Waals surface area contributed by atoms with E-state index in [0.29, 0.717) is 46.9 Å². The van der Waals surface area contributed by atoms with Crippen LogP contribution in [0.1, 0.15) is 39.6 Å². The van der Waals surface area contributed by atoms with Gasteiger partial charge < -0.3 is 15.2 Å². The number of aromatic nitrogens is 3. The summed E-state index contributed by atoms with van der Waals surface area (Å²) >= 11 is 0. The fourth-order valence-electron chi connectivity index (χ4n) is 5.02. The van der Waals surface area contributed by atoms with Crippen LogP contribution in [-0.4, -0.2) is 65.1 Å². The van der Waals surface area contributed by atoms with E-state index in [9.17, 15) is 9.18 Å². The molecule has 0 saturated carbocycles. The summed E-state index contributed by atoms with van der Waals surface area (Å²) in [4.78, 5) is 27.8. The van der Waals surface area contributed by atoms with Crippen molar-refractivity contribution in [1.29, 1.82) is 0 Å². The molecule has 0 spiro atoms. The van der Waals surface area contributed by atoms with Crippen LogP contribution < -0.4 is 10.5 Å². The first-order valence-corrected chi connectivity index (χ1v) is 11.8. The van der Waals surface area contributed by atoms with Crippen molar-refractivity contribution in [3.05, 3.63) is 65.0 Å². The van der Waals surface area contributed by atoms with Gasteiger partial charge in [-0.15, -0.1) is 0 Å². The summed E-state index contributed by atoms with van der Waals surface area (Å²) in [5.41, 5.74) is 9.46. The molecule has 35 heavy (non-hydrogen) atoms. The third-order valence-corrected chi connectivity index (χ3v) is 6.62. The highest BCUT2D eigenvalue weighted by molar-refractivity contribution is 6.00. The smallest absolute Gasteiger partial charge is 0.220 e. The van der Waals surface area contributed by atoms with Gasteiger partial charge >= 0.3 is 0 Å². The molecule has 1 fully saturated rings. The van der Waals surface area contributed by atoms with Crippen LogP contribution in [-0.2, 0) is 11.2 Å². The van der Waals surface area contributed by atoms with E-state index in [-0.39, 0.29) is 24.1 Å². The second-order valence-corrected chi connectivity index (χ2v) is 8.88. The maximum atomic E-state index is 14.8. The van der Waals surface area contributed by atoms with Crippen LogP contribution in [0.15, 0.2) is 36.5 Å². The summed E-state index contributed by atoms with van der Waals surface area (Å²) in [5.74, 6) is -0.0844. The van der Waals surface area contributed by atoms with Crippen molar-refractivity contribution in [3.63, 3.8) is 0 Å². The topological polar surface area (TPSA) is 103 Å². The maximum absolute atomic E-state index is 14.8. The molecule has 182 valence electrons. The number of morpholine rings is 1. The van der Waals surface area contributed by atoms with Gasteiger partial charge in [-0.1, -0.05) is 12.1 Å². The van der Waals surface area contributed by atoms with Crippen LogP contribution in [0.5, 0.6) is 5.75 Å². The molecule has 3 aromatic rings. The van der Waals surface area contributed by atoms with E-state index >= 15 is 0 Å². The Bertz CT molecular complexity index is 1250. The fourth-order valence-corrected chi connectivity index (χ4v) is 5.02. The van der Waals surface area contributed by atoms with Gasteiger partial charge in [-0.3, -0.25) is 9.69 Å². The minimum Gasteiger partial charge on any atom is -0.492 e. The number of ether oxygens (including phenoxy) is 2. The molecule has 5 rings (SSSR count). The number of nitrogens with zero attached hydrogens (tertiary/aromatic N) is 4. The zero-order valence-corrected chi connectivity index (χ0v) is 19.7. The highest BCUT2D eigenvalue weighted by Gasteiger charge is 2.33. The minimum atomic E-state index is -0.566. The van der Waals surface area contributed by atoms with Gasteiger partial charge in [0.15, 0.2) is 5.78 Å². The number of pyridine rings is 1. The molecule has 0 amide bonds. The first-order chi connectivity index (χ1) is 17.0. The van der Waals surface area contributed by atoms with Crippen molar-refractivity contribution in [2.24, 2.45) is 0 Å². The highest BCUT2D eigenvalue weighted by Crippen LogP contribution is 2.43. The second kappa shape index (κ2) is 10.1. The minimum absolute atomic E-state index is 0.0468. The average molecular weight is 478 g/mol. The summed E-state index contributed by atoms with van der Waals surface area (Å²) in [6.07, 6.45) is 2.15. The number of ketones is 1. The van der Waals surface area contributed by atoms with Gasteiger partial charge in [0, 0.05) is 49.3 Å². The lowest BCUT2D eigenvalue weighted by Crippen LogP contribution is -2.38. The van der Waals surface area contributed by atoms with Crippen molar-refractivity contribution < 1.29 is 18.7 Å². The van der Waals surface area contributed by atoms with Gasteiger partial charge in [0.1, 0.15) is 12.4 Å². The SMILES string of the molecule is Cc1nc(N)nc2c1C(=O)CC(c1c(OCCN3CCOCC3)cccc1-c1cccnc1F)C2. The lowest BCUT2D eigenvalue weighted by molar-refractivity contribution is 0.0322. The van der Waals surface area contributed by atoms with Gasteiger partial charge in [-0.2, -0.15) is 4.39 Å². The monoisotopic (exact) mass is 477 g/mol. The lowest BCUT2D eigenvalue weighted by atomic mass is 9.78. The molecule has 0 bridgehead atoms. The zero-order valence-electron chi connectivity index (χ0n) is 19.7. The van der Waals surface area contributed by atoms with E-state index in [4.69, 9.17) is 15.2 Å². The molecule has 0 radical (unpaired) electrons. The number of carbonyl (C=O) groups excluding carboxylic acids is 1. The van der Waals surface area contributed by atoms with E-state index in [0.717, 1.165) is 38.4 Å². The molecule has 1 aromatic carbocycles.